The zero-order valence-electron chi connectivity index (χ0n) is 12.2. The fourth-order valence-corrected chi connectivity index (χ4v) is 2.95. The van der Waals surface area contributed by atoms with Crippen LogP contribution in [0.15, 0.2) is 53.4 Å². The summed E-state index contributed by atoms with van der Waals surface area (Å²) in [4.78, 5) is 0.110. The van der Waals surface area contributed by atoms with Crippen LogP contribution in [0, 0.1) is 5.82 Å². The first-order chi connectivity index (χ1) is 9.70. The van der Waals surface area contributed by atoms with Crippen molar-refractivity contribution in [3.63, 3.8) is 0 Å². The molecule has 0 saturated carbocycles. The van der Waals surface area contributed by atoms with Gasteiger partial charge in [0.05, 0.1) is 10.6 Å². The fraction of sp³-hybridized carbons (Fsp3) is 0.250. The highest BCUT2D eigenvalue weighted by Gasteiger charge is 2.18. The standard InChI is InChI=1S/C16H18FNO2S/c1-16(2,3)12-8-10-13(11-9-12)21(19,20)18-15-7-5-4-6-14(15)17/h4-11,18H,1-3H3. The van der Waals surface area contributed by atoms with Crippen LogP contribution < -0.4 is 4.72 Å². The van der Waals surface area contributed by atoms with E-state index in [1.165, 1.54) is 30.3 Å². The zero-order valence-corrected chi connectivity index (χ0v) is 13.0. The zero-order chi connectivity index (χ0) is 15.7. The maximum absolute atomic E-state index is 13.5. The summed E-state index contributed by atoms with van der Waals surface area (Å²) in [6.07, 6.45) is 0. The molecule has 0 amide bonds. The van der Waals surface area contributed by atoms with Crippen molar-refractivity contribution in [2.75, 3.05) is 4.72 Å². The third-order valence-corrected chi connectivity index (χ3v) is 4.53. The second-order valence-corrected chi connectivity index (χ2v) is 7.54. The minimum absolute atomic E-state index is 0.0543. The van der Waals surface area contributed by atoms with Gasteiger partial charge in [-0.25, -0.2) is 12.8 Å². The summed E-state index contributed by atoms with van der Waals surface area (Å²) in [5.74, 6) is -0.604. The molecule has 2 rings (SSSR count). The topological polar surface area (TPSA) is 46.2 Å². The molecule has 0 aliphatic rings. The predicted octanol–water partition coefficient (Wildman–Crippen LogP) is 3.92. The molecule has 3 nitrogen and oxygen atoms in total. The SMILES string of the molecule is CC(C)(C)c1ccc(S(=O)(=O)Nc2ccccc2F)cc1. The average Bonchev–Trinajstić information content (AvgIpc) is 2.40. The quantitative estimate of drug-likeness (QED) is 0.934. The first kappa shape index (κ1) is 15.5. The number of rotatable bonds is 3. The second-order valence-electron chi connectivity index (χ2n) is 5.86. The molecule has 0 radical (unpaired) electrons. The molecule has 0 spiro atoms. The van der Waals surface area contributed by atoms with E-state index in [1.54, 1.807) is 18.2 Å². The van der Waals surface area contributed by atoms with Gasteiger partial charge < -0.3 is 0 Å². The van der Waals surface area contributed by atoms with Crippen LogP contribution in [0.1, 0.15) is 26.3 Å². The second kappa shape index (κ2) is 5.48. The van der Waals surface area contributed by atoms with Crippen molar-refractivity contribution >= 4 is 15.7 Å². The summed E-state index contributed by atoms with van der Waals surface area (Å²) in [7, 11) is -3.79. The lowest BCUT2D eigenvalue weighted by molar-refractivity contribution is 0.587. The molecular formula is C16H18FNO2S. The molecule has 0 saturated heterocycles. The molecule has 0 heterocycles. The smallest absolute Gasteiger partial charge is 0.261 e. The van der Waals surface area contributed by atoms with E-state index >= 15 is 0 Å². The van der Waals surface area contributed by atoms with E-state index in [0.29, 0.717) is 0 Å². The van der Waals surface area contributed by atoms with E-state index in [9.17, 15) is 12.8 Å². The van der Waals surface area contributed by atoms with Crippen molar-refractivity contribution < 1.29 is 12.8 Å². The van der Waals surface area contributed by atoms with Crippen molar-refractivity contribution in [1.82, 2.24) is 0 Å². The first-order valence-corrected chi connectivity index (χ1v) is 8.06. The molecule has 0 bridgehead atoms. The number of nitrogens with one attached hydrogen (secondary N) is 1. The molecule has 21 heavy (non-hydrogen) atoms. The Labute approximate surface area is 124 Å². The lowest BCUT2D eigenvalue weighted by atomic mass is 9.87. The van der Waals surface area contributed by atoms with Crippen LogP contribution in [0.25, 0.3) is 0 Å². The number of benzene rings is 2. The van der Waals surface area contributed by atoms with Gasteiger partial charge in [-0.05, 0) is 35.2 Å². The number of hydrogen-bond acceptors (Lipinski definition) is 2. The molecule has 2 aromatic rings. The normalized spacial score (nSPS) is 12.2. The van der Waals surface area contributed by atoms with Crippen molar-refractivity contribution in [3.8, 4) is 0 Å². The van der Waals surface area contributed by atoms with Gasteiger partial charge in [-0.3, -0.25) is 4.72 Å². The highest BCUT2D eigenvalue weighted by molar-refractivity contribution is 7.92. The Morgan fingerprint density at radius 3 is 2.05 bits per heavy atom. The van der Waals surface area contributed by atoms with Crippen molar-refractivity contribution in [2.45, 2.75) is 31.1 Å². The number of hydrogen-bond donors (Lipinski definition) is 1. The third kappa shape index (κ3) is 3.61. The number of halogens is 1. The van der Waals surface area contributed by atoms with Crippen LogP contribution in [0.5, 0.6) is 0 Å². The van der Waals surface area contributed by atoms with Gasteiger partial charge >= 0.3 is 0 Å². The fourth-order valence-electron chi connectivity index (χ4n) is 1.88. The van der Waals surface area contributed by atoms with Crippen molar-refractivity contribution in [1.29, 1.82) is 0 Å². The van der Waals surface area contributed by atoms with Gasteiger partial charge in [0.2, 0.25) is 0 Å². The molecule has 0 aliphatic carbocycles. The highest BCUT2D eigenvalue weighted by atomic mass is 32.2. The van der Waals surface area contributed by atoms with E-state index in [1.807, 2.05) is 20.8 Å². The maximum Gasteiger partial charge on any atom is 0.261 e. The summed E-state index contributed by atoms with van der Waals surface area (Å²) < 4.78 is 40.3. The molecule has 0 aliphatic heterocycles. The molecule has 5 heteroatoms. The Balaban J connectivity index is 2.30. The molecule has 112 valence electrons. The lowest BCUT2D eigenvalue weighted by Crippen LogP contribution is -2.15. The molecule has 0 unspecified atom stereocenters. The highest BCUT2D eigenvalue weighted by Crippen LogP contribution is 2.24. The van der Waals surface area contributed by atoms with Gasteiger partial charge in [-0.1, -0.05) is 45.0 Å². The molecule has 2 aromatic carbocycles. The van der Waals surface area contributed by atoms with Gasteiger partial charge in [0.25, 0.3) is 10.0 Å². The number of anilines is 1. The molecular weight excluding hydrogens is 289 g/mol. The van der Waals surface area contributed by atoms with E-state index in [0.717, 1.165) is 5.56 Å². The molecule has 0 atom stereocenters. The summed E-state index contributed by atoms with van der Waals surface area (Å²) in [6, 6.07) is 12.3. The largest absolute Gasteiger partial charge is 0.277 e. The summed E-state index contributed by atoms with van der Waals surface area (Å²) in [6.45, 7) is 6.15. The van der Waals surface area contributed by atoms with Crippen LogP contribution in [-0.2, 0) is 15.4 Å². The summed E-state index contributed by atoms with van der Waals surface area (Å²) >= 11 is 0. The molecule has 1 N–H and O–H groups in total. The Morgan fingerprint density at radius 1 is 0.952 bits per heavy atom. The van der Waals surface area contributed by atoms with Crippen molar-refractivity contribution in [2.24, 2.45) is 0 Å². The summed E-state index contributed by atoms with van der Waals surface area (Å²) in [5.41, 5.74) is 0.922. The van der Waals surface area contributed by atoms with Gasteiger partial charge in [0, 0.05) is 0 Å². The monoisotopic (exact) mass is 307 g/mol. The van der Waals surface area contributed by atoms with E-state index in [2.05, 4.69) is 4.72 Å². The molecule has 0 aromatic heterocycles. The van der Waals surface area contributed by atoms with Gasteiger partial charge in [-0.2, -0.15) is 0 Å². The maximum atomic E-state index is 13.5. The Morgan fingerprint density at radius 2 is 1.52 bits per heavy atom. The third-order valence-electron chi connectivity index (χ3n) is 3.15. The predicted molar refractivity (Wildman–Crippen MR) is 82.4 cm³/mol. The van der Waals surface area contributed by atoms with Gasteiger partial charge in [0.15, 0.2) is 0 Å². The van der Waals surface area contributed by atoms with E-state index in [-0.39, 0.29) is 16.0 Å². The first-order valence-electron chi connectivity index (χ1n) is 6.58. The summed E-state index contributed by atoms with van der Waals surface area (Å²) in [5, 5.41) is 0. The van der Waals surface area contributed by atoms with Crippen LogP contribution in [0.3, 0.4) is 0 Å². The minimum atomic E-state index is -3.79. The van der Waals surface area contributed by atoms with Crippen molar-refractivity contribution in [3.05, 3.63) is 59.9 Å². The molecule has 0 fully saturated rings. The Bertz CT molecular complexity index is 732. The van der Waals surface area contributed by atoms with Gasteiger partial charge in [0.1, 0.15) is 5.82 Å². The minimum Gasteiger partial charge on any atom is -0.277 e. The average molecular weight is 307 g/mol. The van der Waals surface area contributed by atoms with Crippen LogP contribution >= 0.6 is 0 Å². The number of sulfonamides is 1. The Hall–Kier alpha value is -1.88. The van der Waals surface area contributed by atoms with Crippen LogP contribution in [0.2, 0.25) is 0 Å². The number of para-hydroxylation sites is 1. The lowest BCUT2D eigenvalue weighted by Gasteiger charge is -2.19. The van der Waals surface area contributed by atoms with Gasteiger partial charge in [-0.15, -0.1) is 0 Å². The van der Waals surface area contributed by atoms with E-state index < -0.39 is 15.8 Å². The van der Waals surface area contributed by atoms with E-state index in [4.69, 9.17) is 0 Å². The Kier molecular flexibility index (Phi) is 4.05. The van der Waals surface area contributed by atoms with Crippen LogP contribution in [-0.4, -0.2) is 8.42 Å². The van der Waals surface area contributed by atoms with Crippen LogP contribution in [0.4, 0.5) is 10.1 Å².